The minimum Gasteiger partial charge on any atom is -0.383 e. The number of para-hydroxylation sites is 1. The van der Waals surface area contributed by atoms with Crippen molar-refractivity contribution in [1.82, 2.24) is 9.78 Å². The van der Waals surface area contributed by atoms with E-state index in [1.54, 1.807) is 11.8 Å². The summed E-state index contributed by atoms with van der Waals surface area (Å²) in [6.07, 6.45) is 0. The third-order valence-electron chi connectivity index (χ3n) is 2.55. The van der Waals surface area contributed by atoms with E-state index >= 15 is 0 Å². The zero-order valence-electron chi connectivity index (χ0n) is 9.47. The lowest BCUT2D eigenvalue weighted by atomic mass is 10.2. The maximum Gasteiger partial charge on any atom is 0.130 e. The summed E-state index contributed by atoms with van der Waals surface area (Å²) in [5, 5.41) is 4.44. The Hall–Kier alpha value is -1.81. The molecule has 0 aliphatic carbocycles. The number of hydrogen-bond donors (Lipinski definition) is 1. The average molecular weight is 217 g/mol. The van der Waals surface area contributed by atoms with Gasteiger partial charge < -0.3 is 10.5 Å². The summed E-state index contributed by atoms with van der Waals surface area (Å²) in [4.78, 5) is 0. The molecule has 1 aromatic carbocycles. The predicted octanol–water partition coefficient (Wildman–Crippen LogP) is 1.91. The lowest BCUT2D eigenvalue weighted by Gasteiger charge is -2.02. The molecule has 0 saturated heterocycles. The molecule has 16 heavy (non-hydrogen) atoms. The van der Waals surface area contributed by atoms with Gasteiger partial charge in [-0.15, -0.1) is 0 Å². The molecule has 1 aromatic heterocycles. The van der Waals surface area contributed by atoms with Gasteiger partial charge in [-0.05, 0) is 19.1 Å². The number of rotatable bonds is 3. The van der Waals surface area contributed by atoms with Crippen LogP contribution in [0.25, 0.3) is 5.69 Å². The van der Waals surface area contributed by atoms with Gasteiger partial charge in [0, 0.05) is 12.7 Å². The molecular weight excluding hydrogens is 202 g/mol. The Morgan fingerprint density at radius 3 is 2.62 bits per heavy atom. The Labute approximate surface area is 94.6 Å². The molecule has 0 spiro atoms. The third kappa shape index (κ3) is 1.79. The highest BCUT2D eigenvalue weighted by atomic mass is 16.5. The molecule has 0 bridgehead atoms. The number of benzene rings is 1. The van der Waals surface area contributed by atoms with Gasteiger partial charge in [0.1, 0.15) is 5.82 Å². The van der Waals surface area contributed by atoms with Gasteiger partial charge in [0.25, 0.3) is 0 Å². The van der Waals surface area contributed by atoms with Crippen molar-refractivity contribution < 1.29 is 4.74 Å². The molecule has 2 aromatic rings. The topological polar surface area (TPSA) is 53.1 Å². The first kappa shape index (κ1) is 10.7. The highest BCUT2D eigenvalue weighted by molar-refractivity contribution is 5.49. The highest BCUT2D eigenvalue weighted by Crippen LogP contribution is 2.20. The van der Waals surface area contributed by atoms with Crippen molar-refractivity contribution in [3.63, 3.8) is 0 Å². The van der Waals surface area contributed by atoms with Gasteiger partial charge in [-0.3, -0.25) is 0 Å². The molecule has 0 saturated carbocycles. The van der Waals surface area contributed by atoms with E-state index in [1.807, 2.05) is 37.3 Å². The quantitative estimate of drug-likeness (QED) is 0.854. The Morgan fingerprint density at radius 1 is 1.31 bits per heavy atom. The average Bonchev–Trinajstić information content (AvgIpc) is 2.59. The molecule has 0 atom stereocenters. The van der Waals surface area contributed by atoms with Crippen LogP contribution in [-0.4, -0.2) is 16.9 Å². The van der Waals surface area contributed by atoms with Crippen LogP contribution in [0.5, 0.6) is 0 Å². The van der Waals surface area contributed by atoms with E-state index in [1.165, 1.54) is 0 Å². The van der Waals surface area contributed by atoms with Crippen LogP contribution in [0.1, 0.15) is 11.3 Å². The fourth-order valence-corrected chi connectivity index (χ4v) is 1.60. The summed E-state index contributed by atoms with van der Waals surface area (Å²) in [5.41, 5.74) is 8.83. The standard InChI is InChI=1S/C12H15N3O/c1-9-11(8-16-2)14-15(12(9)13)10-6-4-3-5-7-10/h3-7H,8,13H2,1-2H3. The van der Waals surface area contributed by atoms with Crippen molar-refractivity contribution >= 4 is 5.82 Å². The molecule has 2 N–H and O–H groups in total. The van der Waals surface area contributed by atoms with Crippen molar-refractivity contribution in [2.24, 2.45) is 0 Å². The summed E-state index contributed by atoms with van der Waals surface area (Å²) in [7, 11) is 1.65. The highest BCUT2D eigenvalue weighted by Gasteiger charge is 2.12. The molecule has 4 heteroatoms. The van der Waals surface area contributed by atoms with Crippen LogP contribution in [-0.2, 0) is 11.3 Å². The van der Waals surface area contributed by atoms with Gasteiger partial charge >= 0.3 is 0 Å². The smallest absolute Gasteiger partial charge is 0.130 e. The molecule has 0 aliphatic rings. The van der Waals surface area contributed by atoms with Gasteiger partial charge in [-0.25, -0.2) is 4.68 Å². The van der Waals surface area contributed by atoms with Crippen molar-refractivity contribution in [1.29, 1.82) is 0 Å². The largest absolute Gasteiger partial charge is 0.383 e. The van der Waals surface area contributed by atoms with E-state index in [4.69, 9.17) is 10.5 Å². The van der Waals surface area contributed by atoms with Crippen molar-refractivity contribution in [2.75, 3.05) is 12.8 Å². The van der Waals surface area contributed by atoms with Crippen LogP contribution in [0.15, 0.2) is 30.3 Å². The van der Waals surface area contributed by atoms with Crippen LogP contribution in [0, 0.1) is 6.92 Å². The second-order valence-corrected chi connectivity index (χ2v) is 3.64. The van der Waals surface area contributed by atoms with Gasteiger partial charge in [-0.2, -0.15) is 5.10 Å². The number of hydrogen-bond acceptors (Lipinski definition) is 3. The fourth-order valence-electron chi connectivity index (χ4n) is 1.60. The van der Waals surface area contributed by atoms with Gasteiger partial charge in [0.05, 0.1) is 18.0 Å². The lowest BCUT2D eigenvalue weighted by molar-refractivity contribution is 0.180. The Morgan fingerprint density at radius 2 is 2.00 bits per heavy atom. The monoisotopic (exact) mass is 217 g/mol. The number of nitrogens with two attached hydrogens (primary N) is 1. The van der Waals surface area contributed by atoms with Crippen molar-refractivity contribution in [2.45, 2.75) is 13.5 Å². The SMILES string of the molecule is COCc1nn(-c2ccccc2)c(N)c1C. The number of anilines is 1. The first-order valence-corrected chi connectivity index (χ1v) is 5.12. The summed E-state index contributed by atoms with van der Waals surface area (Å²) in [6.45, 7) is 2.44. The van der Waals surface area contributed by atoms with Crippen molar-refractivity contribution in [3.05, 3.63) is 41.6 Å². The van der Waals surface area contributed by atoms with E-state index in [2.05, 4.69) is 5.10 Å². The maximum atomic E-state index is 6.01. The molecule has 0 unspecified atom stereocenters. The Balaban J connectivity index is 2.46. The van der Waals surface area contributed by atoms with E-state index in [0.29, 0.717) is 12.4 Å². The van der Waals surface area contributed by atoms with Gasteiger partial charge in [0.15, 0.2) is 0 Å². The van der Waals surface area contributed by atoms with Crippen LogP contribution in [0.3, 0.4) is 0 Å². The summed E-state index contributed by atoms with van der Waals surface area (Å²) in [5.74, 6) is 0.665. The Bertz CT molecular complexity index is 477. The molecule has 0 fully saturated rings. The zero-order valence-corrected chi connectivity index (χ0v) is 9.47. The number of nitrogen functional groups attached to an aromatic ring is 1. The van der Waals surface area contributed by atoms with Gasteiger partial charge in [-0.1, -0.05) is 18.2 Å². The zero-order chi connectivity index (χ0) is 11.5. The molecule has 4 nitrogen and oxygen atoms in total. The van der Waals surface area contributed by atoms with Crippen LogP contribution in [0.4, 0.5) is 5.82 Å². The number of ether oxygens (including phenoxy) is 1. The summed E-state index contributed by atoms with van der Waals surface area (Å²) in [6, 6.07) is 9.83. The second-order valence-electron chi connectivity index (χ2n) is 3.64. The molecule has 84 valence electrons. The minimum absolute atomic E-state index is 0.482. The molecule has 0 aliphatic heterocycles. The number of methoxy groups -OCH3 is 1. The van der Waals surface area contributed by atoms with E-state index in [-0.39, 0.29) is 0 Å². The molecule has 0 radical (unpaired) electrons. The minimum atomic E-state index is 0.482. The first-order valence-electron chi connectivity index (χ1n) is 5.12. The first-order chi connectivity index (χ1) is 7.74. The molecule has 2 rings (SSSR count). The second kappa shape index (κ2) is 4.37. The number of aromatic nitrogens is 2. The maximum absolute atomic E-state index is 6.01. The Kier molecular flexibility index (Phi) is 2.92. The van der Waals surface area contributed by atoms with E-state index in [0.717, 1.165) is 16.9 Å². The third-order valence-corrected chi connectivity index (χ3v) is 2.55. The molecular formula is C12H15N3O. The lowest BCUT2D eigenvalue weighted by Crippen LogP contribution is -2.02. The fraction of sp³-hybridized carbons (Fsp3) is 0.250. The van der Waals surface area contributed by atoms with Crippen LogP contribution >= 0.6 is 0 Å². The van der Waals surface area contributed by atoms with Crippen molar-refractivity contribution in [3.8, 4) is 5.69 Å². The molecule has 0 amide bonds. The summed E-state index contributed by atoms with van der Waals surface area (Å²) >= 11 is 0. The van der Waals surface area contributed by atoms with E-state index < -0.39 is 0 Å². The normalized spacial score (nSPS) is 10.6. The predicted molar refractivity (Wildman–Crippen MR) is 63.4 cm³/mol. The van der Waals surface area contributed by atoms with Crippen LogP contribution in [0.2, 0.25) is 0 Å². The summed E-state index contributed by atoms with van der Waals surface area (Å²) < 4.78 is 6.82. The molecule has 1 heterocycles. The number of nitrogens with zero attached hydrogens (tertiary/aromatic N) is 2. The van der Waals surface area contributed by atoms with Gasteiger partial charge in [0.2, 0.25) is 0 Å². The van der Waals surface area contributed by atoms with E-state index in [9.17, 15) is 0 Å². The van der Waals surface area contributed by atoms with Crippen LogP contribution < -0.4 is 5.73 Å².